The number of hydrogen-bond donors (Lipinski definition) is 2. The Morgan fingerprint density at radius 1 is 1.04 bits per heavy atom. The summed E-state index contributed by atoms with van der Waals surface area (Å²) < 4.78 is 71.2. The molecule has 0 radical (unpaired) electrons. The van der Waals surface area contributed by atoms with Gasteiger partial charge in [0.2, 0.25) is 11.8 Å². The van der Waals surface area contributed by atoms with Gasteiger partial charge in [0.25, 0.3) is 5.91 Å². The van der Waals surface area contributed by atoms with Crippen LogP contribution in [0.5, 0.6) is 0 Å². The van der Waals surface area contributed by atoms with Crippen molar-refractivity contribution in [2.24, 2.45) is 10.7 Å². The molecule has 3 N–H and O–H groups in total. The van der Waals surface area contributed by atoms with E-state index in [2.05, 4.69) is 15.4 Å². The van der Waals surface area contributed by atoms with Crippen LogP contribution < -0.4 is 11.1 Å². The first kappa shape index (κ1) is 30.2. The number of nitrogens with two attached hydrogens (primary N) is 1. The van der Waals surface area contributed by atoms with Crippen LogP contribution in [0.25, 0.3) is 22.0 Å². The molecular weight excluding hydrogens is 623 g/mol. The van der Waals surface area contributed by atoms with Crippen LogP contribution >= 0.6 is 11.6 Å². The third-order valence-electron chi connectivity index (χ3n) is 7.73. The number of carbonyl (C=O) groups excluding carboxylic acids is 3. The average molecular weight is 645 g/mol. The highest BCUT2D eigenvalue weighted by atomic mass is 35.5. The van der Waals surface area contributed by atoms with Crippen LogP contribution in [0.4, 0.5) is 33.3 Å². The molecule has 2 aliphatic rings. The summed E-state index contributed by atoms with van der Waals surface area (Å²) in [6.07, 6.45) is -7.00. The van der Waals surface area contributed by atoms with Gasteiger partial charge in [-0.1, -0.05) is 54.1 Å². The topological polar surface area (TPSA) is 123 Å². The van der Waals surface area contributed by atoms with Gasteiger partial charge in [0.05, 0.1) is 28.5 Å². The Labute approximate surface area is 256 Å². The van der Waals surface area contributed by atoms with Crippen molar-refractivity contribution in [1.29, 1.82) is 0 Å². The molecule has 0 aliphatic carbocycles. The number of anilines is 1. The third kappa shape index (κ3) is 5.50. The Kier molecular flexibility index (Phi) is 7.55. The first-order valence-electron chi connectivity index (χ1n) is 13.6. The lowest BCUT2D eigenvalue weighted by molar-refractivity contribution is -0.137. The van der Waals surface area contributed by atoms with Crippen LogP contribution in [-0.2, 0) is 22.6 Å². The van der Waals surface area contributed by atoms with E-state index >= 15 is 4.39 Å². The zero-order chi connectivity index (χ0) is 32.2. The highest BCUT2D eigenvalue weighted by molar-refractivity contribution is 6.36. The summed E-state index contributed by atoms with van der Waals surface area (Å²) in [7, 11) is 0. The van der Waals surface area contributed by atoms with Gasteiger partial charge in [0.1, 0.15) is 24.5 Å². The number of benzene rings is 3. The lowest BCUT2D eigenvalue weighted by Gasteiger charge is -2.24. The van der Waals surface area contributed by atoms with Crippen molar-refractivity contribution in [3.05, 3.63) is 76.7 Å². The number of carbonyl (C=O) groups is 3. The number of nitrogens with one attached hydrogen (secondary N) is 1. The highest BCUT2D eigenvalue weighted by Crippen LogP contribution is 2.44. The van der Waals surface area contributed by atoms with E-state index in [1.165, 1.54) is 35.0 Å². The van der Waals surface area contributed by atoms with E-state index in [4.69, 9.17) is 17.3 Å². The SMILES string of the molecule is NC(=O)c1nn(CC(=O)N2C[C@H](F)C[C@H]2C(=O)Nc2cccc(-c3ccc4c(c3Cl)N=C(C(F)(F)F)C4)c2F)c2ccccc12. The number of alkyl halides is 4. The molecule has 0 unspecified atom stereocenters. The minimum absolute atomic E-state index is 0.0519. The van der Waals surface area contributed by atoms with Crippen molar-refractivity contribution in [3.8, 4) is 11.1 Å². The number of hydrogen-bond acceptors (Lipinski definition) is 5. The highest BCUT2D eigenvalue weighted by Gasteiger charge is 2.41. The van der Waals surface area contributed by atoms with Crippen molar-refractivity contribution in [2.45, 2.75) is 37.8 Å². The molecule has 1 aromatic heterocycles. The number of rotatable bonds is 6. The molecule has 4 aromatic rings. The first-order chi connectivity index (χ1) is 21.3. The molecule has 1 saturated heterocycles. The zero-order valence-corrected chi connectivity index (χ0v) is 23.8. The fraction of sp³-hybridized carbons (Fsp3) is 0.233. The maximum Gasteiger partial charge on any atom is 0.429 e. The van der Waals surface area contributed by atoms with E-state index in [9.17, 15) is 31.9 Å². The molecule has 3 aromatic carbocycles. The smallest absolute Gasteiger partial charge is 0.364 e. The number of primary amides is 1. The van der Waals surface area contributed by atoms with E-state index in [0.29, 0.717) is 10.9 Å². The number of halogens is 6. The van der Waals surface area contributed by atoms with Gasteiger partial charge in [-0.2, -0.15) is 18.3 Å². The van der Waals surface area contributed by atoms with Crippen LogP contribution in [0.2, 0.25) is 5.02 Å². The molecule has 15 heteroatoms. The molecule has 45 heavy (non-hydrogen) atoms. The number of likely N-dealkylation sites (tertiary alicyclic amines) is 1. The maximum atomic E-state index is 15.7. The minimum atomic E-state index is -4.65. The van der Waals surface area contributed by atoms with Gasteiger partial charge in [0.15, 0.2) is 11.5 Å². The predicted molar refractivity (Wildman–Crippen MR) is 156 cm³/mol. The van der Waals surface area contributed by atoms with Gasteiger partial charge in [-0.15, -0.1) is 0 Å². The Morgan fingerprint density at radius 2 is 1.80 bits per heavy atom. The second-order valence-electron chi connectivity index (χ2n) is 10.6. The van der Waals surface area contributed by atoms with Gasteiger partial charge < -0.3 is 16.0 Å². The Morgan fingerprint density at radius 3 is 2.53 bits per heavy atom. The summed E-state index contributed by atoms with van der Waals surface area (Å²) in [4.78, 5) is 43.1. The summed E-state index contributed by atoms with van der Waals surface area (Å²) >= 11 is 6.38. The molecule has 0 spiro atoms. The normalized spacial score (nSPS) is 17.8. The summed E-state index contributed by atoms with van der Waals surface area (Å²) in [6.45, 7) is -0.823. The van der Waals surface area contributed by atoms with Gasteiger partial charge in [-0.05, 0) is 17.7 Å². The van der Waals surface area contributed by atoms with Crippen LogP contribution in [-0.4, -0.2) is 63.0 Å². The summed E-state index contributed by atoms with van der Waals surface area (Å²) in [5.41, 5.74) is 4.53. The number of fused-ring (bicyclic) bond motifs is 2. The number of amides is 3. The fourth-order valence-corrected chi connectivity index (χ4v) is 5.93. The molecule has 2 aliphatic heterocycles. The molecule has 0 saturated carbocycles. The fourth-order valence-electron chi connectivity index (χ4n) is 5.60. The van der Waals surface area contributed by atoms with Crippen molar-refractivity contribution in [2.75, 3.05) is 11.9 Å². The number of aliphatic imine (C=N–C) groups is 1. The molecule has 232 valence electrons. The third-order valence-corrected chi connectivity index (χ3v) is 8.11. The number of nitrogens with zero attached hydrogens (tertiary/aromatic N) is 4. The van der Waals surface area contributed by atoms with Gasteiger partial charge in [-0.25, -0.2) is 13.8 Å². The second kappa shape index (κ2) is 11.3. The molecule has 9 nitrogen and oxygen atoms in total. The monoisotopic (exact) mass is 644 g/mol. The van der Waals surface area contributed by atoms with Crippen molar-refractivity contribution in [1.82, 2.24) is 14.7 Å². The van der Waals surface area contributed by atoms with Crippen LogP contribution in [0, 0.1) is 5.82 Å². The number of para-hydroxylation sites is 1. The van der Waals surface area contributed by atoms with E-state index in [0.717, 1.165) is 4.90 Å². The van der Waals surface area contributed by atoms with Gasteiger partial charge >= 0.3 is 6.18 Å². The molecule has 6 rings (SSSR count). The van der Waals surface area contributed by atoms with Crippen molar-refractivity contribution < 1.29 is 36.3 Å². The van der Waals surface area contributed by atoms with Crippen molar-refractivity contribution >= 4 is 57.3 Å². The lowest BCUT2D eigenvalue weighted by Crippen LogP contribution is -2.44. The predicted octanol–water partition coefficient (Wildman–Crippen LogP) is 5.36. The summed E-state index contributed by atoms with van der Waals surface area (Å²) in [6, 6.07) is 12.0. The Balaban J connectivity index is 1.24. The second-order valence-corrected chi connectivity index (χ2v) is 11.0. The Hall–Kier alpha value is -4.85. The summed E-state index contributed by atoms with van der Waals surface area (Å²) in [5, 5.41) is 6.76. The van der Waals surface area contributed by atoms with Crippen molar-refractivity contribution in [3.63, 3.8) is 0 Å². The molecule has 3 heterocycles. The Bertz CT molecular complexity index is 1920. The maximum absolute atomic E-state index is 15.7. The largest absolute Gasteiger partial charge is 0.429 e. The lowest BCUT2D eigenvalue weighted by atomic mass is 10.00. The molecular formula is C30H22ClF5N6O3. The van der Waals surface area contributed by atoms with E-state index in [1.54, 1.807) is 24.3 Å². The van der Waals surface area contributed by atoms with E-state index < -0.39 is 67.2 Å². The molecule has 2 atom stereocenters. The van der Waals surface area contributed by atoms with Crippen LogP contribution in [0.1, 0.15) is 22.5 Å². The van der Waals surface area contributed by atoms with Crippen LogP contribution in [0.15, 0.2) is 59.6 Å². The van der Waals surface area contributed by atoms with E-state index in [-0.39, 0.29) is 45.2 Å². The zero-order valence-electron chi connectivity index (χ0n) is 23.0. The molecule has 1 fully saturated rings. The minimum Gasteiger partial charge on any atom is -0.364 e. The first-order valence-corrected chi connectivity index (χ1v) is 14.0. The van der Waals surface area contributed by atoms with Gasteiger partial charge in [-0.3, -0.25) is 19.1 Å². The molecule has 3 amide bonds. The number of aromatic nitrogens is 2. The van der Waals surface area contributed by atoms with Crippen LogP contribution in [0.3, 0.4) is 0 Å². The quantitative estimate of drug-likeness (QED) is 0.274. The van der Waals surface area contributed by atoms with Gasteiger partial charge in [0, 0.05) is 29.4 Å². The average Bonchev–Trinajstić information content (AvgIpc) is 3.70. The van der Waals surface area contributed by atoms with E-state index in [1.807, 2.05) is 0 Å². The molecule has 0 bridgehead atoms. The standard InChI is InChI=1S/C30H22ClF5N6O3/c31-24-16(9-8-14-10-22(30(34,35)36)39-26(14)24)17-5-3-6-19(25(17)33)38-29(45)21-11-15(32)12-41(21)23(43)13-42-20-7-2-1-4-18(20)27(40-42)28(37)44/h1-9,15,21H,10-13H2,(H2,37,44)(H,38,45)/t15-,21+/m1/s1. The summed E-state index contributed by atoms with van der Waals surface area (Å²) in [5.74, 6) is -3.27.